The molecule has 2 unspecified atom stereocenters. The van der Waals surface area contributed by atoms with Gasteiger partial charge in [-0.15, -0.1) is 0 Å². The largest absolute Gasteiger partial charge is 0.373 e. The van der Waals surface area contributed by atoms with Crippen LogP contribution in [0.1, 0.15) is 82.4 Å². The Morgan fingerprint density at radius 3 is 2.16 bits per heavy atom. The van der Waals surface area contributed by atoms with Gasteiger partial charge in [-0.1, -0.05) is 63.1 Å². The molecular weight excluding hydrogens is 304 g/mol. The van der Waals surface area contributed by atoms with Crippen LogP contribution < -0.4 is 0 Å². The van der Waals surface area contributed by atoms with Gasteiger partial charge in [0.1, 0.15) is 0 Å². The molecule has 2 aliphatic rings. The third-order valence-electron chi connectivity index (χ3n) is 6.31. The average Bonchev–Trinajstić information content (AvgIpc) is 2.68. The van der Waals surface area contributed by atoms with E-state index in [1.807, 2.05) is 0 Å². The van der Waals surface area contributed by atoms with Crippen molar-refractivity contribution < 1.29 is 4.74 Å². The topological polar surface area (TPSA) is 9.23 Å². The lowest BCUT2D eigenvalue weighted by atomic mass is 9.79. The number of allylic oxidation sites excluding steroid dienone is 1. The molecule has 0 bridgehead atoms. The van der Waals surface area contributed by atoms with E-state index >= 15 is 0 Å². The molecule has 138 valence electrons. The summed E-state index contributed by atoms with van der Waals surface area (Å²) in [5, 5.41) is 0. The fraction of sp³-hybridized carbons (Fsp3) is 0.667. The number of rotatable bonds is 6. The van der Waals surface area contributed by atoms with Gasteiger partial charge in [0.2, 0.25) is 0 Å². The molecule has 0 aromatic heterocycles. The highest BCUT2D eigenvalue weighted by Crippen LogP contribution is 2.34. The fourth-order valence-corrected chi connectivity index (χ4v) is 4.55. The maximum absolute atomic E-state index is 6.19. The normalized spacial score (nSPS) is 30.6. The van der Waals surface area contributed by atoms with Crippen LogP contribution in [-0.2, 0) is 11.2 Å². The lowest BCUT2D eigenvalue weighted by Gasteiger charge is -2.29. The summed E-state index contributed by atoms with van der Waals surface area (Å²) in [5.74, 6) is 2.46. The third-order valence-corrected chi connectivity index (χ3v) is 6.31. The van der Waals surface area contributed by atoms with Gasteiger partial charge in [0.15, 0.2) is 0 Å². The molecule has 0 spiro atoms. The molecule has 0 radical (unpaired) electrons. The highest BCUT2D eigenvalue weighted by molar-refractivity contribution is 5.24. The Hall–Kier alpha value is -1.08. The van der Waals surface area contributed by atoms with Crippen molar-refractivity contribution >= 4 is 0 Å². The summed E-state index contributed by atoms with van der Waals surface area (Å²) in [7, 11) is 0. The Kier molecular flexibility index (Phi) is 7.16. The monoisotopic (exact) mass is 340 g/mol. The number of hydrogen-bond acceptors (Lipinski definition) is 1. The minimum Gasteiger partial charge on any atom is -0.373 e. The predicted octanol–water partition coefficient (Wildman–Crippen LogP) is 6.88. The van der Waals surface area contributed by atoms with Gasteiger partial charge in [0.05, 0.1) is 12.7 Å². The van der Waals surface area contributed by atoms with E-state index < -0.39 is 0 Å². The summed E-state index contributed by atoms with van der Waals surface area (Å²) in [5.41, 5.74) is 2.77. The van der Waals surface area contributed by atoms with Crippen LogP contribution >= 0.6 is 0 Å². The Bertz CT molecular complexity index is 514. The van der Waals surface area contributed by atoms with Crippen molar-refractivity contribution in [1.82, 2.24) is 0 Å². The molecule has 2 atom stereocenters. The summed E-state index contributed by atoms with van der Waals surface area (Å²) >= 11 is 0. The minimum atomic E-state index is 0.306. The first-order valence-electron chi connectivity index (χ1n) is 10.7. The van der Waals surface area contributed by atoms with Gasteiger partial charge in [-0.2, -0.15) is 0 Å². The summed E-state index contributed by atoms with van der Waals surface area (Å²) < 4.78 is 6.19. The molecule has 1 heteroatoms. The van der Waals surface area contributed by atoms with Crippen LogP contribution in [0, 0.1) is 17.8 Å². The molecule has 1 nitrogen and oxygen atoms in total. The smallest absolute Gasteiger partial charge is 0.0825 e. The van der Waals surface area contributed by atoms with Crippen LogP contribution in [0.4, 0.5) is 0 Å². The second-order valence-electron chi connectivity index (χ2n) is 8.21. The van der Waals surface area contributed by atoms with Crippen molar-refractivity contribution in [3.8, 4) is 0 Å². The van der Waals surface area contributed by atoms with E-state index in [1.165, 1.54) is 56.1 Å². The zero-order chi connectivity index (χ0) is 17.5. The molecule has 1 aliphatic carbocycles. The maximum atomic E-state index is 6.19. The van der Waals surface area contributed by atoms with E-state index in [9.17, 15) is 0 Å². The molecule has 1 saturated carbocycles. The van der Waals surface area contributed by atoms with Gasteiger partial charge in [-0.3, -0.25) is 0 Å². The first kappa shape index (κ1) is 18.7. The molecule has 0 amide bonds. The third kappa shape index (κ3) is 5.45. The van der Waals surface area contributed by atoms with Crippen LogP contribution in [0.15, 0.2) is 36.4 Å². The van der Waals surface area contributed by atoms with E-state index in [2.05, 4.69) is 50.3 Å². The van der Waals surface area contributed by atoms with Gasteiger partial charge < -0.3 is 4.74 Å². The lowest BCUT2D eigenvalue weighted by molar-refractivity contribution is -0.00537. The Morgan fingerprint density at radius 1 is 0.880 bits per heavy atom. The first-order chi connectivity index (χ1) is 12.3. The molecule has 1 heterocycles. The van der Waals surface area contributed by atoms with Gasteiger partial charge in [-0.25, -0.2) is 0 Å². The number of benzene rings is 1. The highest BCUT2D eigenvalue weighted by Gasteiger charge is 2.23. The second-order valence-corrected chi connectivity index (χ2v) is 8.21. The maximum Gasteiger partial charge on any atom is 0.0825 e. The van der Waals surface area contributed by atoms with E-state index in [-0.39, 0.29) is 0 Å². The molecule has 3 rings (SSSR count). The molecule has 1 saturated heterocycles. The van der Waals surface area contributed by atoms with Crippen LogP contribution in [0.25, 0.3) is 0 Å². The molecule has 1 aliphatic heterocycles. The quantitative estimate of drug-likeness (QED) is 0.513. The zero-order valence-corrected chi connectivity index (χ0v) is 16.3. The average molecular weight is 341 g/mol. The highest BCUT2D eigenvalue weighted by atomic mass is 16.5. The molecule has 1 aromatic carbocycles. The van der Waals surface area contributed by atoms with Crippen molar-refractivity contribution in [1.29, 1.82) is 0 Å². The Morgan fingerprint density at radius 2 is 1.56 bits per heavy atom. The predicted molar refractivity (Wildman–Crippen MR) is 107 cm³/mol. The lowest BCUT2D eigenvalue weighted by Crippen LogP contribution is -2.20. The van der Waals surface area contributed by atoms with E-state index in [1.54, 1.807) is 0 Å². The minimum absolute atomic E-state index is 0.306. The van der Waals surface area contributed by atoms with Gasteiger partial charge >= 0.3 is 0 Å². The molecule has 0 N–H and O–H groups in total. The number of aryl methyl sites for hydroxylation is 1. The summed E-state index contributed by atoms with van der Waals surface area (Å²) in [6.07, 6.45) is 17.3. The standard InChI is InChI=1S/C24H36O/c1-3-5-20-6-8-21(9-7-20)10-11-22-14-17-24(25-18-22)23-15-12-19(4-2)13-16-23/h10-13,15-16,20-22,24H,3-9,14,17-18H2,1-2H3/b11-10+. The van der Waals surface area contributed by atoms with Crippen molar-refractivity contribution in [2.24, 2.45) is 17.8 Å². The zero-order valence-electron chi connectivity index (χ0n) is 16.3. The number of ether oxygens (including phenoxy) is 1. The van der Waals surface area contributed by atoms with Crippen molar-refractivity contribution in [3.05, 3.63) is 47.5 Å². The SMILES string of the molecule is CCCC1CCC(/C=C/C2CCC(c3ccc(CC)cc3)OC2)CC1. The Balaban J connectivity index is 1.41. The van der Waals surface area contributed by atoms with Gasteiger partial charge in [-0.05, 0) is 67.9 Å². The Labute approximate surface area is 154 Å². The van der Waals surface area contributed by atoms with Crippen molar-refractivity contribution in [2.75, 3.05) is 6.61 Å². The number of hydrogen-bond donors (Lipinski definition) is 0. The molecule has 1 aromatic rings. The molecular formula is C24H36O. The van der Waals surface area contributed by atoms with Gasteiger partial charge in [0, 0.05) is 5.92 Å². The first-order valence-corrected chi connectivity index (χ1v) is 10.7. The van der Waals surface area contributed by atoms with Crippen molar-refractivity contribution in [2.45, 2.75) is 77.7 Å². The van der Waals surface area contributed by atoms with E-state index in [0.717, 1.165) is 31.3 Å². The van der Waals surface area contributed by atoms with Crippen molar-refractivity contribution in [3.63, 3.8) is 0 Å². The van der Waals surface area contributed by atoms with Crippen LogP contribution in [0.2, 0.25) is 0 Å². The van der Waals surface area contributed by atoms with Crippen LogP contribution in [0.3, 0.4) is 0 Å². The summed E-state index contributed by atoms with van der Waals surface area (Å²) in [6.45, 7) is 5.42. The summed E-state index contributed by atoms with van der Waals surface area (Å²) in [4.78, 5) is 0. The van der Waals surface area contributed by atoms with E-state index in [4.69, 9.17) is 4.74 Å². The van der Waals surface area contributed by atoms with Gasteiger partial charge in [0.25, 0.3) is 0 Å². The van der Waals surface area contributed by atoms with E-state index in [0.29, 0.717) is 12.0 Å². The molecule has 2 fully saturated rings. The van der Waals surface area contributed by atoms with Crippen LogP contribution in [0.5, 0.6) is 0 Å². The summed E-state index contributed by atoms with van der Waals surface area (Å²) in [6, 6.07) is 9.02. The second kappa shape index (κ2) is 9.57. The van der Waals surface area contributed by atoms with Crippen LogP contribution in [-0.4, -0.2) is 6.61 Å². The molecule has 25 heavy (non-hydrogen) atoms. The fourth-order valence-electron chi connectivity index (χ4n) is 4.55.